The summed E-state index contributed by atoms with van der Waals surface area (Å²) in [7, 11) is 0. The van der Waals surface area contributed by atoms with E-state index in [0.717, 1.165) is 5.75 Å². The highest BCUT2D eigenvalue weighted by Gasteiger charge is 2.17. The van der Waals surface area contributed by atoms with E-state index in [0.29, 0.717) is 6.61 Å². The normalized spacial score (nSPS) is 15.7. The first kappa shape index (κ1) is 10.2. The molecule has 1 heteroatoms. The van der Waals surface area contributed by atoms with Crippen LogP contribution in [0, 0.1) is 0 Å². The molecule has 2 aromatic carbocycles. The molecule has 2 aromatic rings. The van der Waals surface area contributed by atoms with Crippen molar-refractivity contribution in [2.24, 2.45) is 0 Å². The van der Waals surface area contributed by atoms with Gasteiger partial charge in [0.25, 0.3) is 0 Å². The van der Waals surface area contributed by atoms with Gasteiger partial charge >= 0.3 is 0 Å². The SMILES string of the molecule is C/C=C1\COc2ccc(-c3ccccc3)cc21. The third kappa shape index (κ3) is 1.74. The molecular weight excluding hydrogens is 208 g/mol. The Labute approximate surface area is 101 Å². The van der Waals surface area contributed by atoms with Gasteiger partial charge in [0.1, 0.15) is 12.4 Å². The summed E-state index contributed by atoms with van der Waals surface area (Å²) in [5.41, 5.74) is 5.00. The van der Waals surface area contributed by atoms with Crippen molar-refractivity contribution in [3.05, 3.63) is 60.2 Å². The van der Waals surface area contributed by atoms with Crippen molar-refractivity contribution >= 4 is 5.57 Å². The van der Waals surface area contributed by atoms with Gasteiger partial charge in [0, 0.05) is 5.56 Å². The van der Waals surface area contributed by atoms with Crippen molar-refractivity contribution in [2.45, 2.75) is 6.92 Å². The molecule has 84 valence electrons. The van der Waals surface area contributed by atoms with Crippen LogP contribution in [0.3, 0.4) is 0 Å². The van der Waals surface area contributed by atoms with E-state index in [2.05, 4.69) is 55.5 Å². The average molecular weight is 222 g/mol. The van der Waals surface area contributed by atoms with E-state index in [4.69, 9.17) is 4.74 Å². The summed E-state index contributed by atoms with van der Waals surface area (Å²) in [5.74, 6) is 0.998. The highest BCUT2D eigenvalue weighted by molar-refractivity contribution is 5.79. The molecule has 0 amide bonds. The van der Waals surface area contributed by atoms with Gasteiger partial charge in [-0.2, -0.15) is 0 Å². The highest BCUT2D eigenvalue weighted by atomic mass is 16.5. The molecule has 0 bridgehead atoms. The van der Waals surface area contributed by atoms with Gasteiger partial charge in [-0.15, -0.1) is 0 Å². The topological polar surface area (TPSA) is 9.23 Å². The molecular formula is C16H14O. The maximum Gasteiger partial charge on any atom is 0.127 e. The average Bonchev–Trinajstić information content (AvgIpc) is 2.81. The second-order valence-electron chi connectivity index (χ2n) is 4.18. The van der Waals surface area contributed by atoms with Crippen molar-refractivity contribution in [1.29, 1.82) is 0 Å². The van der Waals surface area contributed by atoms with Gasteiger partial charge in [-0.05, 0) is 35.8 Å². The molecule has 0 radical (unpaired) electrons. The number of hydrogen-bond acceptors (Lipinski definition) is 1. The van der Waals surface area contributed by atoms with Crippen LogP contribution in [0.5, 0.6) is 5.75 Å². The lowest BCUT2D eigenvalue weighted by Gasteiger charge is -2.04. The van der Waals surface area contributed by atoms with E-state index in [1.54, 1.807) is 0 Å². The lowest BCUT2D eigenvalue weighted by atomic mass is 10.00. The summed E-state index contributed by atoms with van der Waals surface area (Å²) in [4.78, 5) is 0. The maximum absolute atomic E-state index is 5.62. The molecule has 0 aromatic heterocycles. The molecule has 0 atom stereocenters. The van der Waals surface area contributed by atoms with Crippen LogP contribution in [0.4, 0.5) is 0 Å². The predicted octanol–water partition coefficient (Wildman–Crippen LogP) is 4.15. The first-order valence-electron chi connectivity index (χ1n) is 5.86. The molecule has 3 rings (SSSR count). The van der Waals surface area contributed by atoms with Crippen LogP contribution < -0.4 is 4.74 Å². The van der Waals surface area contributed by atoms with E-state index >= 15 is 0 Å². The zero-order chi connectivity index (χ0) is 11.7. The molecule has 0 saturated heterocycles. The van der Waals surface area contributed by atoms with Crippen LogP contribution in [0.15, 0.2) is 54.6 Å². The van der Waals surface area contributed by atoms with Gasteiger partial charge < -0.3 is 4.74 Å². The fourth-order valence-corrected chi connectivity index (χ4v) is 2.19. The van der Waals surface area contributed by atoms with E-state index in [-0.39, 0.29) is 0 Å². The molecule has 0 spiro atoms. The van der Waals surface area contributed by atoms with Crippen LogP contribution in [-0.2, 0) is 0 Å². The fourth-order valence-electron chi connectivity index (χ4n) is 2.19. The van der Waals surface area contributed by atoms with Crippen LogP contribution in [0.25, 0.3) is 16.7 Å². The van der Waals surface area contributed by atoms with Crippen molar-refractivity contribution in [3.8, 4) is 16.9 Å². The van der Waals surface area contributed by atoms with Crippen molar-refractivity contribution in [3.63, 3.8) is 0 Å². The molecule has 1 aliphatic heterocycles. The van der Waals surface area contributed by atoms with Crippen LogP contribution >= 0.6 is 0 Å². The number of rotatable bonds is 1. The minimum atomic E-state index is 0.698. The Bertz CT molecular complexity index is 567. The number of hydrogen-bond donors (Lipinski definition) is 0. The van der Waals surface area contributed by atoms with Gasteiger partial charge in [-0.3, -0.25) is 0 Å². The molecule has 1 heterocycles. The summed E-state index contributed by atoms with van der Waals surface area (Å²) < 4.78 is 5.62. The van der Waals surface area contributed by atoms with Crippen LogP contribution in [0.1, 0.15) is 12.5 Å². The number of benzene rings is 2. The lowest BCUT2D eigenvalue weighted by Crippen LogP contribution is -1.85. The second-order valence-corrected chi connectivity index (χ2v) is 4.18. The lowest BCUT2D eigenvalue weighted by molar-refractivity contribution is 0.388. The molecule has 1 aliphatic rings. The summed E-state index contributed by atoms with van der Waals surface area (Å²) in [6.45, 7) is 2.76. The predicted molar refractivity (Wildman–Crippen MR) is 71.0 cm³/mol. The Hall–Kier alpha value is -2.02. The maximum atomic E-state index is 5.62. The van der Waals surface area contributed by atoms with Crippen LogP contribution in [-0.4, -0.2) is 6.61 Å². The minimum absolute atomic E-state index is 0.698. The highest BCUT2D eigenvalue weighted by Crippen LogP contribution is 2.36. The fraction of sp³-hybridized carbons (Fsp3) is 0.125. The third-order valence-electron chi connectivity index (χ3n) is 3.16. The van der Waals surface area contributed by atoms with Crippen molar-refractivity contribution < 1.29 is 4.74 Å². The molecule has 0 saturated carbocycles. The second kappa shape index (κ2) is 4.10. The smallest absolute Gasteiger partial charge is 0.127 e. The van der Waals surface area contributed by atoms with E-state index in [1.807, 2.05) is 6.07 Å². The zero-order valence-electron chi connectivity index (χ0n) is 9.81. The number of fused-ring (bicyclic) bond motifs is 1. The molecule has 0 unspecified atom stereocenters. The van der Waals surface area contributed by atoms with Gasteiger partial charge in [0.15, 0.2) is 0 Å². The quantitative estimate of drug-likeness (QED) is 0.704. The summed E-state index contributed by atoms with van der Waals surface area (Å²) in [6.07, 6.45) is 2.13. The van der Waals surface area contributed by atoms with Gasteiger partial charge in [0.05, 0.1) is 0 Å². The molecule has 0 fully saturated rings. The first-order chi connectivity index (χ1) is 8.38. The summed E-state index contributed by atoms with van der Waals surface area (Å²) >= 11 is 0. The molecule has 17 heavy (non-hydrogen) atoms. The Balaban J connectivity index is 2.11. The van der Waals surface area contributed by atoms with Crippen LogP contribution in [0.2, 0.25) is 0 Å². The third-order valence-corrected chi connectivity index (χ3v) is 3.16. The monoisotopic (exact) mass is 222 g/mol. The van der Waals surface area contributed by atoms with Gasteiger partial charge in [-0.25, -0.2) is 0 Å². The van der Waals surface area contributed by atoms with E-state index in [9.17, 15) is 0 Å². The summed E-state index contributed by atoms with van der Waals surface area (Å²) in [5, 5.41) is 0. The Morgan fingerprint density at radius 1 is 1.00 bits per heavy atom. The zero-order valence-corrected chi connectivity index (χ0v) is 9.81. The number of ether oxygens (including phenoxy) is 1. The molecule has 0 N–H and O–H groups in total. The largest absolute Gasteiger partial charge is 0.488 e. The van der Waals surface area contributed by atoms with E-state index < -0.39 is 0 Å². The molecule has 1 nitrogen and oxygen atoms in total. The Kier molecular flexibility index (Phi) is 2.45. The van der Waals surface area contributed by atoms with E-state index in [1.165, 1.54) is 22.3 Å². The van der Waals surface area contributed by atoms with Gasteiger partial charge in [-0.1, -0.05) is 42.5 Å². The minimum Gasteiger partial charge on any atom is -0.488 e. The Morgan fingerprint density at radius 3 is 2.59 bits per heavy atom. The Morgan fingerprint density at radius 2 is 1.82 bits per heavy atom. The summed E-state index contributed by atoms with van der Waals surface area (Å²) in [6, 6.07) is 16.8. The van der Waals surface area contributed by atoms with Crippen molar-refractivity contribution in [1.82, 2.24) is 0 Å². The standard InChI is InChI=1S/C16H14O/c1-2-12-11-17-16-9-8-14(10-15(12)16)13-6-4-3-5-7-13/h2-10H,11H2,1H3/b12-2+. The van der Waals surface area contributed by atoms with Crippen molar-refractivity contribution in [2.75, 3.05) is 6.61 Å². The number of allylic oxidation sites excluding steroid dienone is 1. The van der Waals surface area contributed by atoms with Gasteiger partial charge in [0.2, 0.25) is 0 Å². The molecule has 0 aliphatic carbocycles. The first-order valence-corrected chi connectivity index (χ1v) is 5.86.